The molecule has 6 heteroatoms. The van der Waals surface area contributed by atoms with Gasteiger partial charge in [0, 0.05) is 31.7 Å². The van der Waals surface area contributed by atoms with E-state index >= 15 is 0 Å². The Morgan fingerprint density at radius 3 is 2.96 bits per heavy atom. The van der Waals surface area contributed by atoms with Crippen LogP contribution < -0.4 is 4.74 Å². The van der Waals surface area contributed by atoms with Gasteiger partial charge in [-0.1, -0.05) is 0 Å². The maximum absolute atomic E-state index is 12.8. The van der Waals surface area contributed by atoms with Crippen LogP contribution in [0.2, 0.25) is 0 Å². The zero-order chi connectivity index (χ0) is 17.1. The smallest absolute Gasteiger partial charge is 0.320 e. The van der Waals surface area contributed by atoms with Crippen molar-refractivity contribution in [1.82, 2.24) is 14.8 Å². The maximum atomic E-state index is 12.8. The van der Waals surface area contributed by atoms with Gasteiger partial charge in [-0.3, -0.25) is 4.98 Å². The van der Waals surface area contributed by atoms with Crippen LogP contribution in [-0.2, 0) is 4.74 Å². The number of amides is 2. The molecule has 0 aromatic carbocycles. The molecule has 3 fully saturated rings. The van der Waals surface area contributed by atoms with Gasteiger partial charge in [0.05, 0.1) is 31.6 Å². The Labute approximate surface area is 149 Å². The summed E-state index contributed by atoms with van der Waals surface area (Å²) in [5, 5.41) is 0. The molecule has 1 aromatic rings. The largest absolute Gasteiger partial charge is 0.492 e. The van der Waals surface area contributed by atoms with Crippen LogP contribution in [0.25, 0.3) is 0 Å². The Bertz CT molecular complexity index is 591. The average molecular weight is 345 g/mol. The highest BCUT2D eigenvalue weighted by molar-refractivity contribution is 5.75. The molecule has 2 atom stereocenters. The van der Waals surface area contributed by atoms with E-state index in [-0.39, 0.29) is 11.6 Å². The number of hydrogen-bond donors (Lipinski definition) is 0. The Morgan fingerprint density at radius 2 is 2.16 bits per heavy atom. The second kappa shape index (κ2) is 7.20. The molecule has 6 nitrogen and oxygen atoms in total. The van der Waals surface area contributed by atoms with Crippen LogP contribution in [0.4, 0.5) is 4.79 Å². The summed E-state index contributed by atoms with van der Waals surface area (Å²) >= 11 is 0. The van der Waals surface area contributed by atoms with Gasteiger partial charge in [0.2, 0.25) is 0 Å². The zero-order valence-corrected chi connectivity index (χ0v) is 14.7. The van der Waals surface area contributed by atoms with Gasteiger partial charge in [0.1, 0.15) is 5.75 Å². The molecule has 136 valence electrons. The van der Waals surface area contributed by atoms with Crippen molar-refractivity contribution in [3.8, 4) is 5.75 Å². The first-order chi connectivity index (χ1) is 12.3. The molecular formula is C19H27N3O3. The molecule has 1 saturated carbocycles. The van der Waals surface area contributed by atoms with Crippen LogP contribution in [-0.4, -0.2) is 65.8 Å². The van der Waals surface area contributed by atoms with Crippen LogP contribution >= 0.6 is 0 Å². The van der Waals surface area contributed by atoms with Crippen molar-refractivity contribution in [2.24, 2.45) is 5.92 Å². The number of ether oxygens (including phenoxy) is 2. The van der Waals surface area contributed by atoms with E-state index in [9.17, 15) is 4.79 Å². The van der Waals surface area contributed by atoms with E-state index < -0.39 is 0 Å². The lowest BCUT2D eigenvalue weighted by molar-refractivity contribution is -0.127. The SMILES string of the molecule is O=C(N1CCCC1)N1CCO[C@]2(CCC[C@H]2COc2cccnc2)C1. The van der Waals surface area contributed by atoms with Gasteiger partial charge in [-0.25, -0.2) is 4.79 Å². The molecule has 0 bridgehead atoms. The fraction of sp³-hybridized carbons (Fsp3) is 0.684. The fourth-order valence-corrected chi connectivity index (χ4v) is 4.46. The third-order valence-electron chi connectivity index (χ3n) is 5.84. The van der Waals surface area contributed by atoms with E-state index in [0.717, 1.165) is 50.9 Å². The molecule has 2 saturated heterocycles. The van der Waals surface area contributed by atoms with E-state index in [2.05, 4.69) is 4.98 Å². The first-order valence-electron chi connectivity index (χ1n) is 9.47. The molecule has 4 rings (SSSR count). The fourth-order valence-electron chi connectivity index (χ4n) is 4.46. The van der Waals surface area contributed by atoms with Gasteiger partial charge in [-0.2, -0.15) is 0 Å². The van der Waals surface area contributed by atoms with Crippen molar-refractivity contribution >= 4 is 6.03 Å². The summed E-state index contributed by atoms with van der Waals surface area (Å²) in [5.41, 5.74) is -0.240. The Kier molecular flexibility index (Phi) is 4.79. The molecule has 0 N–H and O–H groups in total. The summed E-state index contributed by atoms with van der Waals surface area (Å²) in [5.74, 6) is 1.12. The van der Waals surface area contributed by atoms with Crippen molar-refractivity contribution in [3.63, 3.8) is 0 Å². The third kappa shape index (κ3) is 3.45. The predicted octanol–water partition coefficient (Wildman–Crippen LogP) is 2.55. The van der Waals surface area contributed by atoms with Crippen LogP contribution in [0.3, 0.4) is 0 Å². The van der Waals surface area contributed by atoms with Gasteiger partial charge < -0.3 is 19.3 Å². The Hall–Kier alpha value is -1.82. The van der Waals surface area contributed by atoms with Crippen LogP contribution in [0.5, 0.6) is 5.75 Å². The van der Waals surface area contributed by atoms with Crippen LogP contribution in [0.15, 0.2) is 24.5 Å². The van der Waals surface area contributed by atoms with Crippen molar-refractivity contribution in [2.45, 2.75) is 37.7 Å². The molecule has 3 aliphatic rings. The predicted molar refractivity (Wildman–Crippen MR) is 93.5 cm³/mol. The molecule has 0 unspecified atom stereocenters. The topological polar surface area (TPSA) is 54.9 Å². The van der Waals surface area contributed by atoms with Crippen molar-refractivity contribution in [1.29, 1.82) is 0 Å². The highest BCUT2D eigenvalue weighted by atomic mass is 16.5. The number of aromatic nitrogens is 1. The summed E-state index contributed by atoms with van der Waals surface area (Å²) in [7, 11) is 0. The number of rotatable bonds is 3. The molecule has 3 heterocycles. The maximum Gasteiger partial charge on any atom is 0.320 e. The minimum atomic E-state index is -0.240. The van der Waals surface area contributed by atoms with Crippen molar-refractivity contribution < 1.29 is 14.3 Å². The molecule has 0 radical (unpaired) electrons. The summed E-state index contributed by atoms with van der Waals surface area (Å²) in [6, 6.07) is 4.01. The molecule has 1 aromatic heterocycles. The first kappa shape index (κ1) is 16.6. The molecular weight excluding hydrogens is 318 g/mol. The lowest BCUT2D eigenvalue weighted by Gasteiger charge is -2.44. The number of carbonyl (C=O) groups is 1. The van der Waals surface area contributed by atoms with E-state index in [0.29, 0.717) is 32.2 Å². The monoisotopic (exact) mass is 345 g/mol. The van der Waals surface area contributed by atoms with Crippen LogP contribution in [0.1, 0.15) is 32.1 Å². The van der Waals surface area contributed by atoms with Gasteiger partial charge in [-0.05, 0) is 44.2 Å². The van der Waals surface area contributed by atoms with E-state index in [4.69, 9.17) is 9.47 Å². The quantitative estimate of drug-likeness (QED) is 0.845. The normalized spacial score (nSPS) is 29.4. The third-order valence-corrected chi connectivity index (χ3v) is 5.84. The summed E-state index contributed by atoms with van der Waals surface area (Å²) < 4.78 is 12.2. The lowest BCUT2D eigenvalue weighted by atomic mass is 9.89. The molecule has 1 spiro atoms. The van der Waals surface area contributed by atoms with Gasteiger partial charge in [0.15, 0.2) is 0 Å². The second-order valence-corrected chi connectivity index (χ2v) is 7.40. The average Bonchev–Trinajstić information content (AvgIpc) is 3.31. The lowest BCUT2D eigenvalue weighted by Crippen LogP contribution is -2.58. The first-order valence-corrected chi connectivity index (χ1v) is 9.47. The number of nitrogens with zero attached hydrogens (tertiary/aromatic N) is 3. The van der Waals surface area contributed by atoms with E-state index in [1.807, 2.05) is 21.9 Å². The summed E-state index contributed by atoms with van der Waals surface area (Å²) in [4.78, 5) is 20.9. The Balaban J connectivity index is 1.41. The summed E-state index contributed by atoms with van der Waals surface area (Å²) in [6.07, 6.45) is 8.98. The summed E-state index contributed by atoms with van der Waals surface area (Å²) in [6.45, 7) is 4.45. The van der Waals surface area contributed by atoms with Crippen LogP contribution in [0, 0.1) is 5.92 Å². The zero-order valence-electron chi connectivity index (χ0n) is 14.7. The number of hydrogen-bond acceptors (Lipinski definition) is 4. The second-order valence-electron chi connectivity index (χ2n) is 7.40. The number of urea groups is 1. The van der Waals surface area contributed by atoms with Crippen molar-refractivity contribution in [3.05, 3.63) is 24.5 Å². The standard InChI is InChI=1S/C19H27N3O3/c23-18(21-9-1-2-10-21)22-11-12-25-19(15-22)7-3-5-16(19)14-24-17-6-4-8-20-13-17/h4,6,8,13,16H,1-3,5,7,9-12,14-15H2/t16-,19+/m0/s1. The molecule has 2 aliphatic heterocycles. The highest BCUT2D eigenvalue weighted by Crippen LogP contribution is 2.41. The van der Waals surface area contributed by atoms with E-state index in [1.165, 1.54) is 0 Å². The number of pyridine rings is 1. The number of morpholine rings is 1. The number of likely N-dealkylation sites (tertiary alicyclic amines) is 1. The van der Waals surface area contributed by atoms with Gasteiger partial charge >= 0.3 is 6.03 Å². The minimum Gasteiger partial charge on any atom is -0.492 e. The van der Waals surface area contributed by atoms with Gasteiger partial charge in [-0.15, -0.1) is 0 Å². The highest BCUT2D eigenvalue weighted by Gasteiger charge is 2.48. The molecule has 1 aliphatic carbocycles. The number of carbonyl (C=O) groups excluding carboxylic acids is 1. The Morgan fingerprint density at radius 1 is 1.28 bits per heavy atom. The van der Waals surface area contributed by atoms with E-state index in [1.54, 1.807) is 12.4 Å². The van der Waals surface area contributed by atoms with Crippen molar-refractivity contribution in [2.75, 3.05) is 39.4 Å². The molecule has 2 amide bonds. The molecule has 25 heavy (non-hydrogen) atoms. The minimum absolute atomic E-state index is 0.194. The van der Waals surface area contributed by atoms with Gasteiger partial charge in [0.25, 0.3) is 0 Å².